The predicted octanol–water partition coefficient (Wildman–Crippen LogP) is 3.02. The molecule has 0 saturated carbocycles. The van der Waals surface area contributed by atoms with Crippen molar-refractivity contribution in [2.24, 2.45) is 0 Å². The van der Waals surface area contributed by atoms with Gasteiger partial charge in [0.05, 0.1) is 17.8 Å². The first-order valence-corrected chi connectivity index (χ1v) is 7.93. The van der Waals surface area contributed by atoms with Gasteiger partial charge in [-0.3, -0.25) is 9.69 Å². The predicted molar refractivity (Wildman–Crippen MR) is 92.7 cm³/mol. The van der Waals surface area contributed by atoms with E-state index in [0.29, 0.717) is 24.3 Å². The number of halogens is 3. The smallest absolute Gasteiger partial charge is 0.416 e. The van der Waals surface area contributed by atoms with Crippen LogP contribution in [0.25, 0.3) is 0 Å². The average molecular weight is 364 g/mol. The maximum atomic E-state index is 12.8. The highest BCUT2D eigenvalue weighted by Crippen LogP contribution is 2.29. The lowest BCUT2D eigenvalue weighted by atomic mass is 10.1. The zero-order valence-corrected chi connectivity index (χ0v) is 14.3. The third-order valence-electron chi connectivity index (χ3n) is 4.05. The molecule has 7 heteroatoms. The molecule has 1 aromatic heterocycles. The minimum atomic E-state index is -4.39. The Bertz CT molecular complexity index is 866. The molecule has 0 radical (unpaired) electrons. The van der Waals surface area contributed by atoms with Crippen molar-refractivity contribution in [2.75, 3.05) is 13.1 Å². The zero-order chi connectivity index (χ0) is 19.3. The van der Waals surface area contributed by atoms with Crippen molar-refractivity contribution in [2.45, 2.75) is 26.2 Å². The van der Waals surface area contributed by atoms with Crippen LogP contribution in [-0.4, -0.2) is 27.7 Å². The largest absolute Gasteiger partial charge is 0.503 e. The Balaban J connectivity index is 2.12. The molecule has 0 bridgehead atoms. The first-order valence-electron chi connectivity index (χ1n) is 7.93. The van der Waals surface area contributed by atoms with Gasteiger partial charge in [0.2, 0.25) is 5.43 Å². The van der Waals surface area contributed by atoms with E-state index in [9.17, 15) is 23.1 Å². The van der Waals surface area contributed by atoms with Crippen molar-refractivity contribution < 1.29 is 18.3 Å². The number of pyridine rings is 1. The number of hydrogen-bond acceptors (Lipinski definition) is 3. The number of terminal acetylenes is 1. The third-order valence-corrected chi connectivity index (χ3v) is 4.05. The quantitative estimate of drug-likeness (QED) is 0.802. The van der Waals surface area contributed by atoms with Crippen LogP contribution >= 0.6 is 0 Å². The van der Waals surface area contributed by atoms with E-state index in [1.54, 1.807) is 23.8 Å². The fourth-order valence-electron chi connectivity index (χ4n) is 2.60. The van der Waals surface area contributed by atoms with E-state index in [4.69, 9.17) is 6.42 Å². The summed E-state index contributed by atoms with van der Waals surface area (Å²) in [7, 11) is 0. The molecular weight excluding hydrogens is 345 g/mol. The summed E-state index contributed by atoms with van der Waals surface area (Å²) < 4.78 is 40.2. The van der Waals surface area contributed by atoms with Crippen molar-refractivity contribution in [3.05, 3.63) is 63.6 Å². The van der Waals surface area contributed by atoms with Crippen molar-refractivity contribution in [1.29, 1.82) is 0 Å². The Labute approximate surface area is 149 Å². The highest BCUT2D eigenvalue weighted by Gasteiger charge is 2.30. The molecule has 0 spiro atoms. The molecule has 0 atom stereocenters. The number of hydrogen-bond donors (Lipinski definition) is 1. The van der Waals surface area contributed by atoms with Crippen LogP contribution < -0.4 is 5.43 Å². The van der Waals surface area contributed by atoms with Gasteiger partial charge in [0.15, 0.2) is 5.75 Å². The van der Waals surface area contributed by atoms with Crippen LogP contribution in [0.1, 0.15) is 16.8 Å². The summed E-state index contributed by atoms with van der Waals surface area (Å²) in [6, 6.07) is 6.40. The average Bonchev–Trinajstić information content (AvgIpc) is 2.58. The van der Waals surface area contributed by atoms with Gasteiger partial charge in [-0.05, 0) is 18.6 Å². The van der Waals surface area contributed by atoms with Gasteiger partial charge in [0.25, 0.3) is 0 Å². The molecule has 2 rings (SSSR count). The summed E-state index contributed by atoms with van der Waals surface area (Å²) in [6.07, 6.45) is 2.54. The Morgan fingerprint density at radius 2 is 2.04 bits per heavy atom. The molecule has 0 fully saturated rings. The van der Waals surface area contributed by atoms with Gasteiger partial charge in [0, 0.05) is 31.9 Å². The van der Waals surface area contributed by atoms with Crippen LogP contribution in [0, 0.1) is 19.3 Å². The first kappa shape index (κ1) is 19.6. The molecule has 0 aliphatic heterocycles. The number of benzene rings is 1. The molecule has 0 aliphatic carbocycles. The molecular formula is C19H19F3N2O2. The second kappa shape index (κ2) is 8.11. The second-order valence-corrected chi connectivity index (χ2v) is 5.92. The summed E-state index contributed by atoms with van der Waals surface area (Å²) in [5, 5.41) is 9.71. The molecule has 0 aliphatic rings. The van der Waals surface area contributed by atoms with Gasteiger partial charge in [0.1, 0.15) is 0 Å². The third kappa shape index (κ3) is 4.90. The monoisotopic (exact) mass is 364 g/mol. The lowest BCUT2D eigenvalue weighted by molar-refractivity contribution is -0.137. The number of alkyl halides is 3. The van der Waals surface area contributed by atoms with Crippen LogP contribution in [0.4, 0.5) is 13.2 Å². The molecule has 0 saturated heterocycles. The number of nitrogens with zero attached hydrogens (tertiary/aromatic N) is 2. The Hall–Kier alpha value is -2.72. The van der Waals surface area contributed by atoms with Crippen molar-refractivity contribution >= 4 is 0 Å². The van der Waals surface area contributed by atoms with Gasteiger partial charge in [-0.2, -0.15) is 13.2 Å². The maximum Gasteiger partial charge on any atom is 0.416 e. The minimum absolute atomic E-state index is 0.263. The molecule has 1 heterocycles. The van der Waals surface area contributed by atoms with Crippen molar-refractivity contribution in [3.8, 4) is 18.1 Å². The molecule has 2 aromatic rings. The Morgan fingerprint density at radius 3 is 2.69 bits per heavy atom. The van der Waals surface area contributed by atoms with Crippen molar-refractivity contribution in [3.63, 3.8) is 0 Å². The van der Waals surface area contributed by atoms with Crippen LogP contribution in [0.2, 0.25) is 0 Å². The Kier molecular flexibility index (Phi) is 6.11. The molecule has 138 valence electrons. The highest BCUT2D eigenvalue weighted by atomic mass is 19.4. The maximum absolute atomic E-state index is 12.8. The van der Waals surface area contributed by atoms with Crippen LogP contribution in [0.3, 0.4) is 0 Å². The molecule has 0 amide bonds. The Morgan fingerprint density at radius 1 is 1.31 bits per heavy atom. The summed E-state index contributed by atoms with van der Waals surface area (Å²) in [4.78, 5) is 13.2. The lowest BCUT2D eigenvalue weighted by Gasteiger charge is -2.22. The first-order chi connectivity index (χ1) is 12.2. The van der Waals surface area contributed by atoms with E-state index < -0.39 is 17.2 Å². The normalized spacial score (nSPS) is 11.5. The fourth-order valence-corrected chi connectivity index (χ4v) is 2.60. The van der Waals surface area contributed by atoms with Gasteiger partial charge in [-0.25, -0.2) is 0 Å². The number of aromatic hydroxyl groups is 1. The summed E-state index contributed by atoms with van der Waals surface area (Å²) in [5.74, 6) is 2.19. The van der Waals surface area contributed by atoms with E-state index in [-0.39, 0.29) is 18.8 Å². The molecule has 26 heavy (non-hydrogen) atoms. The summed E-state index contributed by atoms with van der Waals surface area (Å²) >= 11 is 0. The number of aromatic nitrogens is 1. The number of rotatable bonds is 6. The van der Waals surface area contributed by atoms with Crippen LogP contribution in [-0.2, 0) is 19.3 Å². The molecule has 4 nitrogen and oxygen atoms in total. The van der Waals surface area contributed by atoms with E-state index in [1.165, 1.54) is 12.1 Å². The van der Waals surface area contributed by atoms with Crippen LogP contribution in [0.15, 0.2) is 41.3 Å². The minimum Gasteiger partial charge on any atom is -0.503 e. The van der Waals surface area contributed by atoms with E-state index >= 15 is 0 Å². The standard InChI is InChI=1S/C19H19F3N2O2/c1-3-8-23(10-11-24-9-7-17(25)18(26)14(24)2)13-15-5-4-6-16(12-15)19(20,21)22/h1,4-7,9,12,26H,8,10-11,13H2,2H3. The highest BCUT2D eigenvalue weighted by molar-refractivity contribution is 5.26. The van der Waals surface area contributed by atoms with E-state index in [1.807, 2.05) is 4.90 Å². The van der Waals surface area contributed by atoms with Crippen molar-refractivity contribution in [1.82, 2.24) is 9.47 Å². The van der Waals surface area contributed by atoms with Gasteiger partial charge < -0.3 is 9.67 Å². The lowest BCUT2D eigenvalue weighted by Crippen LogP contribution is -2.28. The van der Waals surface area contributed by atoms with Gasteiger partial charge in [-0.15, -0.1) is 6.42 Å². The summed E-state index contributed by atoms with van der Waals surface area (Å²) in [5.41, 5.74) is -0.216. The zero-order valence-electron chi connectivity index (χ0n) is 14.3. The fraction of sp³-hybridized carbons (Fsp3) is 0.316. The summed E-state index contributed by atoms with van der Waals surface area (Å²) in [6.45, 7) is 3.03. The molecule has 1 N–H and O–H groups in total. The van der Waals surface area contributed by atoms with Gasteiger partial charge in [-0.1, -0.05) is 24.1 Å². The SMILES string of the molecule is C#CCN(CCn1ccc(=O)c(O)c1C)Cc1cccc(C(F)(F)F)c1. The van der Waals surface area contributed by atoms with E-state index in [2.05, 4.69) is 5.92 Å². The van der Waals surface area contributed by atoms with Crippen LogP contribution in [0.5, 0.6) is 5.75 Å². The topological polar surface area (TPSA) is 45.5 Å². The van der Waals surface area contributed by atoms with E-state index in [0.717, 1.165) is 12.1 Å². The van der Waals surface area contributed by atoms with Gasteiger partial charge >= 0.3 is 6.18 Å². The molecule has 0 unspecified atom stereocenters. The second-order valence-electron chi connectivity index (χ2n) is 5.92. The molecule has 1 aromatic carbocycles.